The van der Waals surface area contributed by atoms with Crippen LogP contribution in [0.3, 0.4) is 0 Å². The average Bonchev–Trinajstić information content (AvgIpc) is 3.33. The molecule has 0 aromatic heterocycles. The molecule has 4 rings (SSSR count). The fraction of sp³-hybridized carbons (Fsp3) is 0.867. The van der Waals surface area contributed by atoms with Gasteiger partial charge in [0, 0.05) is 17.8 Å². The van der Waals surface area contributed by atoms with Gasteiger partial charge in [0.05, 0.1) is 0 Å². The lowest BCUT2D eigenvalue weighted by Crippen LogP contribution is -2.63. The molecule has 4 fully saturated rings. The van der Waals surface area contributed by atoms with Crippen LogP contribution in [-0.4, -0.2) is 74.2 Å². The molecule has 0 aromatic rings. The zero-order valence-electron chi connectivity index (χ0n) is 26.2. The van der Waals surface area contributed by atoms with E-state index in [1.165, 1.54) is 0 Å². The van der Waals surface area contributed by atoms with Gasteiger partial charge in [0.15, 0.2) is 0 Å². The molecule has 1 N–H and O–H groups in total. The second kappa shape index (κ2) is 13.4. The van der Waals surface area contributed by atoms with Crippen molar-refractivity contribution in [1.82, 2.24) is 0 Å². The molecule has 2 unspecified atom stereocenters. The van der Waals surface area contributed by atoms with E-state index in [0.717, 1.165) is 6.42 Å². The summed E-state index contributed by atoms with van der Waals surface area (Å²) in [5.41, 5.74) is -0.960. The summed E-state index contributed by atoms with van der Waals surface area (Å²) in [6.45, 7) is 7.07. The Bertz CT molecular complexity index is 1300. The molecule has 4 aliphatic carbocycles. The number of rotatable bonds is 13. The number of carbonyl (C=O) groups is 4. The zero-order chi connectivity index (χ0) is 35.2. The number of halogens is 5. The molecule has 0 aromatic carbocycles. The summed E-state index contributed by atoms with van der Waals surface area (Å²) in [5, 5.41) is -5.83. The molecule has 4 aliphatic rings. The lowest BCUT2D eigenvalue weighted by molar-refractivity contribution is -0.259. The van der Waals surface area contributed by atoms with E-state index in [1.807, 2.05) is 6.92 Å². The summed E-state index contributed by atoms with van der Waals surface area (Å²) in [6, 6.07) is 0. The fourth-order valence-corrected chi connectivity index (χ4v) is 10.4. The molecule has 0 radical (unpaired) electrons. The van der Waals surface area contributed by atoms with Gasteiger partial charge >= 0.3 is 27.5 Å². The van der Waals surface area contributed by atoms with E-state index in [1.54, 1.807) is 6.92 Å². The lowest BCUT2D eigenvalue weighted by atomic mass is 9.43. The molecule has 11 nitrogen and oxygen atoms in total. The van der Waals surface area contributed by atoms with Crippen LogP contribution in [0.4, 0.5) is 22.0 Å². The van der Waals surface area contributed by atoms with Crippen LogP contribution >= 0.6 is 0 Å². The maximum atomic E-state index is 13.9. The van der Waals surface area contributed by atoms with Gasteiger partial charge in [-0.2, -0.15) is 30.4 Å². The van der Waals surface area contributed by atoms with Crippen LogP contribution in [0, 0.1) is 46.3 Å². The van der Waals surface area contributed by atoms with Gasteiger partial charge in [0.2, 0.25) is 0 Å². The highest BCUT2D eigenvalue weighted by molar-refractivity contribution is 7.86. The first-order chi connectivity index (χ1) is 21.8. The van der Waals surface area contributed by atoms with Crippen molar-refractivity contribution in [1.29, 1.82) is 0 Å². The number of ether oxygens (including phenoxy) is 4. The van der Waals surface area contributed by atoms with E-state index >= 15 is 0 Å². The van der Waals surface area contributed by atoms with E-state index in [9.17, 15) is 49.5 Å². The monoisotopic (exact) mass is 704 g/mol. The average molecular weight is 705 g/mol. The van der Waals surface area contributed by atoms with Crippen molar-refractivity contribution in [3.8, 4) is 0 Å². The maximum absolute atomic E-state index is 13.9. The van der Waals surface area contributed by atoms with E-state index in [-0.39, 0.29) is 47.5 Å². The Morgan fingerprint density at radius 2 is 1.57 bits per heavy atom. The van der Waals surface area contributed by atoms with Crippen molar-refractivity contribution >= 4 is 35.5 Å². The summed E-state index contributed by atoms with van der Waals surface area (Å²) >= 11 is 0. The molecule has 0 saturated heterocycles. The number of hydrogen-bond acceptors (Lipinski definition) is 10. The second-order valence-corrected chi connectivity index (χ2v) is 15.6. The van der Waals surface area contributed by atoms with Gasteiger partial charge in [-0.3, -0.25) is 23.7 Å². The van der Waals surface area contributed by atoms with Crippen LogP contribution in [-0.2, 0) is 48.2 Å². The summed E-state index contributed by atoms with van der Waals surface area (Å²) < 4.78 is 119. The van der Waals surface area contributed by atoms with E-state index in [0.29, 0.717) is 57.9 Å². The van der Waals surface area contributed by atoms with Crippen molar-refractivity contribution < 1.29 is 73.0 Å². The van der Waals surface area contributed by atoms with Crippen LogP contribution in [0.5, 0.6) is 0 Å². The van der Waals surface area contributed by atoms with Crippen LogP contribution in [0.2, 0.25) is 0 Å². The Morgan fingerprint density at radius 3 is 2.15 bits per heavy atom. The smallest absolute Gasteiger partial charge is 0.432 e. The van der Waals surface area contributed by atoms with E-state index in [2.05, 4.69) is 11.7 Å². The SMILES string of the molecule is C[C@@H](CCC(=O)OC(C(F)(F)F)C(F)(F)S(=O)(=O)O)C1CC[C@H]2[C@@H]3[C@H](OC=O)C[C@@H]4C[C@H](OC=O)CC[C@]4(C)[C@H]3C[C@H](OC=O)[C@]12C. The van der Waals surface area contributed by atoms with E-state index < -0.39 is 63.6 Å². The lowest BCUT2D eigenvalue weighted by Gasteiger charge is -2.64. The minimum Gasteiger partial charge on any atom is -0.465 e. The fourth-order valence-electron chi connectivity index (χ4n) is 9.95. The van der Waals surface area contributed by atoms with Crippen molar-refractivity contribution in [2.45, 2.75) is 114 Å². The summed E-state index contributed by atoms with van der Waals surface area (Å²) in [6.07, 6.45) is -8.48. The summed E-state index contributed by atoms with van der Waals surface area (Å²) in [4.78, 5) is 46.9. The van der Waals surface area contributed by atoms with Crippen LogP contribution in [0.1, 0.15) is 78.6 Å². The third-order valence-electron chi connectivity index (χ3n) is 12.1. The first kappa shape index (κ1) is 37.3. The van der Waals surface area contributed by atoms with Gasteiger partial charge < -0.3 is 18.9 Å². The Hall–Kier alpha value is -2.56. The topological polar surface area (TPSA) is 160 Å². The molecule has 17 heteroatoms. The van der Waals surface area contributed by atoms with Crippen molar-refractivity contribution in [3.63, 3.8) is 0 Å². The van der Waals surface area contributed by atoms with Gasteiger partial charge in [0.1, 0.15) is 18.3 Å². The van der Waals surface area contributed by atoms with Crippen molar-refractivity contribution in [3.05, 3.63) is 0 Å². The third kappa shape index (κ3) is 6.71. The van der Waals surface area contributed by atoms with Gasteiger partial charge in [0.25, 0.3) is 25.5 Å². The summed E-state index contributed by atoms with van der Waals surface area (Å²) in [5.74, 6) is -2.64. The second-order valence-electron chi connectivity index (χ2n) is 14.1. The van der Waals surface area contributed by atoms with Crippen LogP contribution in [0.15, 0.2) is 0 Å². The molecule has 4 saturated carbocycles. The molecule has 12 atom stereocenters. The Balaban J connectivity index is 1.56. The predicted octanol–water partition coefficient (Wildman–Crippen LogP) is 4.86. The quantitative estimate of drug-likeness (QED) is 0.0917. The summed E-state index contributed by atoms with van der Waals surface area (Å²) in [7, 11) is -6.57. The number of fused-ring (bicyclic) bond motifs is 5. The first-order valence-corrected chi connectivity index (χ1v) is 17.1. The van der Waals surface area contributed by atoms with Gasteiger partial charge in [-0.05, 0) is 86.4 Å². The number of alkyl halides is 5. The molecule has 47 heavy (non-hydrogen) atoms. The van der Waals surface area contributed by atoms with Crippen LogP contribution in [0.25, 0.3) is 0 Å². The number of hydrogen-bond donors (Lipinski definition) is 1. The molecular weight excluding hydrogens is 663 g/mol. The molecule has 0 aliphatic heterocycles. The first-order valence-electron chi connectivity index (χ1n) is 15.7. The van der Waals surface area contributed by atoms with Crippen molar-refractivity contribution in [2.75, 3.05) is 0 Å². The Kier molecular flexibility index (Phi) is 10.6. The molecule has 0 spiro atoms. The Labute approximate surface area is 269 Å². The predicted molar refractivity (Wildman–Crippen MR) is 150 cm³/mol. The molecule has 0 bridgehead atoms. The number of carbonyl (C=O) groups excluding carboxylic acids is 4. The molecule has 0 heterocycles. The van der Waals surface area contributed by atoms with Gasteiger partial charge in [-0.1, -0.05) is 20.8 Å². The van der Waals surface area contributed by atoms with E-state index in [4.69, 9.17) is 18.8 Å². The highest BCUT2D eigenvalue weighted by Crippen LogP contribution is 2.69. The Morgan fingerprint density at radius 1 is 0.936 bits per heavy atom. The molecule has 0 amide bonds. The third-order valence-corrected chi connectivity index (χ3v) is 13.0. The minimum absolute atomic E-state index is 0.0285. The maximum Gasteiger partial charge on any atom is 0.432 e. The molecule has 268 valence electrons. The van der Waals surface area contributed by atoms with Crippen molar-refractivity contribution in [2.24, 2.45) is 46.3 Å². The normalized spacial score (nSPS) is 38.4. The highest BCUT2D eigenvalue weighted by Gasteiger charge is 2.68. The number of esters is 1. The van der Waals surface area contributed by atoms with Gasteiger partial charge in [-0.25, -0.2) is 0 Å². The van der Waals surface area contributed by atoms with Crippen LogP contribution < -0.4 is 0 Å². The minimum atomic E-state index is -6.57. The molecular formula is C30H41F5O11S. The van der Waals surface area contributed by atoms with Gasteiger partial charge in [-0.15, -0.1) is 0 Å². The largest absolute Gasteiger partial charge is 0.465 e. The zero-order valence-corrected chi connectivity index (χ0v) is 27.0. The standard InChI is InChI=1S/C30H41F5O11S/c1-16(4-7-24(39)46-26(29(31,32)33)30(34,35)47(40,41)42)19-5-6-20-25-21(12-23(45-15-38)28(19,20)3)27(2)9-8-18(43-13-36)10-17(27)11-22(25)44-14-37/h13-23,25-26H,4-12H2,1-3H3,(H,40,41,42)/t16-,17-,18+,19?,20-,21-,22+,23-,25-,26?,27-,28+/m0/s1. The highest BCUT2D eigenvalue weighted by atomic mass is 32.2.